The molecule has 0 amide bonds. The topological polar surface area (TPSA) is 58.5 Å². The lowest BCUT2D eigenvalue weighted by molar-refractivity contribution is 0.190. The summed E-state index contributed by atoms with van der Waals surface area (Å²) in [6.45, 7) is 7.70. The molecule has 0 aromatic rings. The molecule has 2 aliphatic rings. The van der Waals surface area contributed by atoms with E-state index in [2.05, 4.69) is 16.7 Å². The molecule has 0 spiro atoms. The van der Waals surface area contributed by atoms with Crippen LogP contribution in [-0.4, -0.2) is 35.1 Å². The quantitative estimate of drug-likeness (QED) is 0.427. The van der Waals surface area contributed by atoms with Crippen molar-refractivity contribution in [1.82, 2.24) is 4.90 Å². The highest BCUT2D eigenvalue weighted by molar-refractivity contribution is 5.30. The lowest BCUT2D eigenvalue weighted by Crippen LogP contribution is -2.62. The van der Waals surface area contributed by atoms with Gasteiger partial charge in [0, 0.05) is 13.1 Å². The van der Waals surface area contributed by atoms with Crippen molar-refractivity contribution < 1.29 is 0 Å². The van der Waals surface area contributed by atoms with E-state index in [4.69, 9.17) is 5.73 Å². The molecule has 1 saturated heterocycles. The van der Waals surface area contributed by atoms with Crippen molar-refractivity contribution in [2.75, 3.05) is 13.1 Å². The number of nitrogens with zero attached hydrogens (tertiary/aromatic N) is 2. The van der Waals surface area contributed by atoms with E-state index in [9.17, 15) is 4.91 Å². The van der Waals surface area contributed by atoms with Crippen LogP contribution in [0.3, 0.4) is 0 Å². The largest absolute Gasteiger partial charge is 0.320 e. The molecule has 1 aliphatic heterocycles. The van der Waals surface area contributed by atoms with E-state index in [1.165, 1.54) is 0 Å². The van der Waals surface area contributed by atoms with E-state index < -0.39 is 11.6 Å². The van der Waals surface area contributed by atoms with Crippen molar-refractivity contribution in [2.45, 2.75) is 30.5 Å². The number of nitrogens with two attached hydrogens (primary N) is 1. The maximum Gasteiger partial charge on any atom is 0.135 e. The summed E-state index contributed by atoms with van der Waals surface area (Å²) in [6.07, 6.45) is 6.52. The predicted molar refractivity (Wildman–Crippen MR) is 60.4 cm³/mol. The Morgan fingerprint density at radius 2 is 2.33 bits per heavy atom. The Bertz CT molecular complexity index is 320. The van der Waals surface area contributed by atoms with Crippen molar-refractivity contribution >= 4 is 0 Å². The molecule has 1 fully saturated rings. The average Bonchev–Trinajstić information content (AvgIpc) is 2.99. The first-order valence-corrected chi connectivity index (χ1v) is 5.24. The molecule has 3 unspecified atom stereocenters. The summed E-state index contributed by atoms with van der Waals surface area (Å²) < 4.78 is 0. The third-order valence-corrected chi connectivity index (χ3v) is 3.48. The fourth-order valence-electron chi connectivity index (χ4n) is 2.54. The molecule has 4 nitrogen and oxygen atoms in total. The molecule has 0 radical (unpaired) electrons. The average molecular weight is 207 g/mol. The van der Waals surface area contributed by atoms with Gasteiger partial charge in [0.05, 0.1) is 11.1 Å². The maximum absolute atomic E-state index is 11.0. The molecule has 0 aromatic heterocycles. The van der Waals surface area contributed by atoms with Crippen molar-refractivity contribution in [3.8, 4) is 0 Å². The van der Waals surface area contributed by atoms with Gasteiger partial charge < -0.3 is 5.73 Å². The zero-order valence-corrected chi connectivity index (χ0v) is 9.02. The number of hydrogen-bond donors (Lipinski definition) is 1. The summed E-state index contributed by atoms with van der Waals surface area (Å²) >= 11 is 0. The van der Waals surface area contributed by atoms with Crippen LogP contribution in [0.25, 0.3) is 0 Å². The fraction of sp³-hybridized carbons (Fsp3) is 0.636. The van der Waals surface area contributed by atoms with Gasteiger partial charge in [0.1, 0.15) is 6.04 Å². The van der Waals surface area contributed by atoms with Gasteiger partial charge in [-0.05, 0) is 13.3 Å². The van der Waals surface area contributed by atoms with Crippen LogP contribution in [0, 0.1) is 4.91 Å². The van der Waals surface area contributed by atoms with Crippen LogP contribution in [0.4, 0.5) is 0 Å². The highest BCUT2D eigenvalue weighted by atomic mass is 16.3. The Balaban J connectivity index is 2.42. The summed E-state index contributed by atoms with van der Waals surface area (Å²) in [4.78, 5) is 13.3. The van der Waals surface area contributed by atoms with E-state index in [0.29, 0.717) is 0 Å². The van der Waals surface area contributed by atoms with Crippen LogP contribution in [0.2, 0.25) is 0 Å². The third-order valence-electron chi connectivity index (χ3n) is 3.48. The highest BCUT2D eigenvalue weighted by Crippen LogP contribution is 2.40. The molecule has 0 saturated carbocycles. The van der Waals surface area contributed by atoms with Crippen LogP contribution < -0.4 is 5.73 Å². The van der Waals surface area contributed by atoms with Gasteiger partial charge in [0.15, 0.2) is 0 Å². The SMILES string of the molecule is C=CC1(N2CC2)CC=CC(C)(N)C1N=O. The lowest BCUT2D eigenvalue weighted by atomic mass is 9.72. The molecule has 1 heterocycles. The van der Waals surface area contributed by atoms with E-state index in [1.54, 1.807) is 0 Å². The molecule has 0 aromatic carbocycles. The van der Waals surface area contributed by atoms with Crippen LogP contribution in [0.5, 0.6) is 0 Å². The Morgan fingerprint density at radius 3 is 2.80 bits per heavy atom. The summed E-state index contributed by atoms with van der Waals surface area (Å²) in [5.74, 6) is 0. The second-order valence-electron chi connectivity index (χ2n) is 4.66. The standard InChI is InChI=1S/C11H17N3O/c1-3-11(14-7-8-14)6-4-5-10(2,12)9(11)13-15/h3-5,9H,1,6-8,12H2,2H3. The fourth-order valence-corrected chi connectivity index (χ4v) is 2.54. The Morgan fingerprint density at radius 1 is 1.67 bits per heavy atom. The molecule has 82 valence electrons. The van der Waals surface area contributed by atoms with Gasteiger partial charge in [0.25, 0.3) is 0 Å². The molecule has 1 aliphatic carbocycles. The molecule has 0 bridgehead atoms. The minimum absolute atomic E-state index is 0.361. The van der Waals surface area contributed by atoms with Gasteiger partial charge in [-0.2, -0.15) is 4.91 Å². The van der Waals surface area contributed by atoms with Crippen molar-refractivity contribution in [3.05, 3.63) is 29.7 Å². The van der Waals surface area contributed by atoms with Crippen molar-refractivity contribution in [2.24, 2.45) is 10.9 Å². The van der Waals surface area contributed by atoms with Crippen LogP contribution >= 0.6 is 0 Å². The minimum atomic E-state index is -0.670. The van der Waals surface area contributed by atoms with Crippen molar-refractivity contribution in [3.63, 3.8) is 0 Å². The van der Waals surface area contributed by atoms with Gasteiger partial charge >= 0.3 is 0 Å². The van der Waals surface area contributed by atoms with E-state index in [1.807, 2.05) is 25.2 Å². The Labute approximate surface area is 89.8 Å². The monoisotopic (exact) mass is 207 g/mol. The molecular formula is C11H17N3O. The first-order chi connectivity index (χ1) is 7.07. The van der Waals surface area contributed by atoms with E-state index in [-0.39, 0.29) is 5.54 Å². The Kier molecular flexibility index (Phi) is 2.28. The highest BCUT2D eigenvalue weighted by Gasteiger charge is 2.53. The summed E-state index contributed by atoms with van der Waals surface area (Å²) in [6, 6.07) is -0.449. The van der Waals surface area contributed by atoms with Gasteiger partial charge in [-0.1, -0.05) is 23.4 Å². The third kappa shape index (κ3) is 1.44. The molecule has 4 heteroatoms. The first kappa shape index (κ1) is 10.5. The molecule has 2 N–H and O–H groups in total. The summed E-state index contributed by atoms with van der Waals surface area (Å²) in [5.41, 5.74) is 5.06. The number of hydrogen-bond acceptors (Lipinski definition) is 4. The second-order valence-corrected chi connectivity index (χ2v) is 4.66. The van der Waals surface area contributed by atoms with Crippen LogP contribution in [-0.2, 0) is 0 Å². The van der Waals surface area contributed by atoms with Crippen LogP contribution in [0.15, 0.2) is 30.0 Å². The normalized spacial score (nSPS) is 45.1. The Hall–Kier alpha value is -1.00. The van der Waals surface area contributed by atoms with E-state index >= 15 is 0 Å². The van der Waals surface area contributed by atoms with Gasteiger partial charge in [-0.3, -0.25) is 4.90 Å². The molecule has 2 rings (SSSR count). The second kappa shape index (κ2) is 3.25. The predicted octanol–water partition coefficient (Wildman–Crippen LogP) is 1.04. The summed E-state index contributed by atoms with van der Waals surface area (Å²) in [7, 11) is 0. The summed E-state index contributed by atoms with van der Waals surface area (Å²) in [5, 5.41) is 3.25. The zero-order valence-electron chi connectivity index (χ0n) is 9.02. The smallest absolute Gasteiger partial charge is 0.135 e. The van der Waals surface area contributed by atoms with Gasteiger partial charge in [0.2, 0.25) is 0 Å². The van der Waals surface area contributed by atoms with Gasteiger partial charge in [-0.25, -0.2) is 0 Å². The molecule has 3 atom stereocenters. The number of rotatable bonds is 3. The van der Waals surface area contributed by atoms with Crippen molar-refractivity contribution in [1.29, 1.82) is 0 Å². The zero-order chi connectivity index (χ0) is 11.1. The van der Waals surface area contributed by atoms with Crippen LogP contribution in [0.1, 0.15) is 13.3 Å². The maximum atomic E-state index is 11.0. The molecule has 15 heavy (non-hydrogen) atoms. The number of nitroso groups, excluding NO2 is 1. The first-order valence-electron chi connectivity index (χ1n) is 5.24. The lowest BCUT2D eigenvalue weighted by Gasteiger charge is -2.44. The van der Waals surface area contributed by atoms with E-state index in [0.717, 1.165) is 19.5 Å². The van der Waals surface area contributed by atoms with Gasteiger partial charge in [-0.15, -0.1) is 6.58 Å². The minimum Gasteiger partial charge on any atom is -0.320 e. The molecular weight excluding hydrogens is 190 g/mol.